The summed E-state index contributed by atoms with van der Waals surface area (Å²) in [5, 5.41) is 6.41. The third kappa shape index (κ3) is 3.42. The third-order valence-electron chi connectivity index (χ3n) is 5.50. The molecule has 2 aliphatic rings. The number of nitrogens with one attached hydrogen (secondary N) is 2. The molecule has 3 heterocycles. The van der Waals surface area contributed by atoms with Crippen LogP contribution in [0.3, 0.4) is 0 Å². The summed E-state index contributed by atoms with van der Waals surface area (Å²) in [6.45, 7) is 1.85. The Morgan fingerprint density at radius 3 is 2.59 bits per heavy atom. The van der Waals surface area contributed by atoms with E-state index in [0.717, 1.165) is 31.5 Å². The second-order valence-electron chi connectivity index (χ2n) is 7.18. The van der Waals surface area contributed by atoms with E-state index in [1.54, 1.807) is 18.6 Å². The Morgan fingerprint density at radius 1 is 1.11 bits per heavy atom. The minimum Gasteiger partial charge on any atom is -0.322 e. The zero-order valence-corrected chi connectivity index (χ0v) is 15.1. The predicted molar refractivity (Wildman–Crippen MR) is 99.6 cm³/mol. The van der Waals surface area contributed by atoms with Crippen LogP contribution in [0.1, 0.15) is 24.1 Å². The van der Waals surface area contributed by atoms with E-state index in [2.05, 4.69) is 20.6 Å². The highest BCUT2D eigenvalue weighted by Crippen LogP contribution is 2.35. The van der Waals surface area contributed by atoms with Crippen molar-refractivity contribution in [2.45, 2.75) is 31.3 Å². The van der Waals surface area contributed by atoms with Crippen LogP contribution in [0.5, 0.6) is 0 Å². The maximum atomic E-state index is 13.5. The Balaban J connectivity index is 1.65. The van der Waals surface area contributed by atoms with Gasteiger partial charge in [-0.2, -0.15) is 0 Å². The summed E-state index contributed by atoms with van der Waals surface area (Å²) in [5.74, 6) is -0.0591. The van der Waals surface area contributed by atoms with Gasteiger partial charge >= 0.3 is 6.03 Å². The number of piperidine rings is 1. The summed E-state index contributed by atoms with van der Waals surface area (Å²) in [5.41, 5.74) is 0.746. The number of imide groups is 1. The van der Waals surface area contributed by atoms with Crippen molar-refractivity contribution in [1.82, 2.24) is 25.5 Å². The molecule has 0 unspecified atom stereocenters. The van der Waals surface area contributed by atoms with Crippen molar-refractivity contribution in [3.05, 3.63) is 60.2 Å². The summed E-state index contributed by atoms with van der Waals surface area (Å²) < 4.78 is 0. The van der Waals surface area contributed by atoms with Crippen molar-refractivity contribution in [1.29, 1.82) is 0 Å². The van der Waals surface area contributed by atoms with E-state index < -0.39 is 5.54 Å². The number of urea groups is 1. The smallest absolute Gasteiger partial charge is 0.322 e. The molecule has 0 spiro atoms. The Kier molecular flexibility index (Phi) is 4.85. The number of rotatable bonds is 5. The maximum Gasteiger partial charge on any atom is 0.325 e. The second-order valence-corrected chi connectivity index (χ2v) is 7.18. The molecule has 0 aliphatic carbocycles. The van der Waals surface area contributed by atoms with Gasteiger partial charge in [0.15, 0.2) is 0 Å². The Labute approximate surface area is 158 Å². The molecule has 1 aromatic heterocycles. The zero-order chi connectivity index (χ0) is 18.7. The van der Waals surface area contributed by atoms with Crippen LogP contribution in [0.15, 0.2) is 48.9 Å². The Morgan fingerprint density at radius 2 is 1.89 bits per heavy atom. The number of benzene rings is 1. The normalized spacial score (nSPS) is 23.5. The topological polar surface area (TPSA) is 87.2 Å². The molecule has 2 aromatic rings. The fraction of sp³-hybridized carbons (Fsp3) is 0.400. The van der Waals surface area contributed by atoms with Crippen molar-refractivity contribution in [2.24, 2.45) is 5.92 Å². The van der Waals surface area contributed by atoms with Crippen LogP contribution in [0.25, 0.3) is 0 Å². The number of carbonyl (C=O) groups excluding carboxylic acids is 2. The molecule has 1 atom stereocenters. The molecule has 4 rings (SSSR count). The van der Waals surface area contributed by atoms with Gasteiger partial charge in [-0.1, -0.05) is 30.3 Å². The van der Waals surface area contributed by atoms with Gasteiger partial charge in [0.2, 0.25) is 0 Å². The lowest BCUT2D eigenvalue weighted by Crippen LogP contribution is -2.57. The van der Waals surface area contributed by atoms with Gasteiger partial charge in [-0.3, -0.25) is 19.7 Å². The van der Waals surface area contributed by atoms with Crippen LogP contribution in [0, 0.1) is 5.92 Å². The maximum absolute atomic E-state index is 13.5. The fourth-order valence-electron chi connectivity index (χ4n) is 4.14. The van der Waals surface area contributed by atoms with Gasteiger partial charge in [0.25, 0.3) is 5.91 Å². The van der Waals surface area contributed by atoms with Gasteiger partial charge in [0, 0.05) is 18.8 Å². The predicted octanol–water partition coefficient (Wildman–Crippen LogP) is 1.51. The van der Waals surface area contributed by atoms with E-state index in [0.29, 0.717) is 12.1 Å². The molecular weight excluding hydrogens is 342 g/mol. The van der Waals surface area contributed by atoms with Gasteiger partial charge in [0.05, 0.1) is 18.4 Å². The molecule has 1 aromatic carbocycles. The summed E-state index contributed by atoms with van der Waals surface area (Å²) in [6, 6.07) is 9.55. The average molecular weight is 365 g/mol. The van der Waals surface area contributed by atoms with Crippen molar-refractivity contribution < 1.29 is 9.59 Å². The van der Waals surface area contributed by atoms with Crippen molar-refractivity contribution >= 4 is 11.9 Å². The molecule has 2 N–H and O–H groups in total. The molecule has 0 radical (unpaired) electrons. The Bertz CT molecular complexity index is 808. The van der Waals surface area contributed by atoms with E-state index in [9.17, 15) is 9.59 Å². The lowest BCUT2D eigenvalue weighted by Gasteiger charge is -2.38. The minimum absolute atomic E-state index is 0.0993. The molecule has 2 saturated heterocycles. The van der Waals surface area contributed by atoms with Gasteiger partial charge < -0.3 is 10.6 Å². The van der Waals surface area contributed by atoms with Crippen molar-refractivity contribution in [2.75, 3.05) is 13.1 Å². The standard InChI is InChI=1S/C20H23N5O2/c26-18-20(16-6-8-21-9-7-16,12-15-4-2-1-3-5-15)24-19(27)25(18)14-17-13-22-10-11-23-17/h1-5,10-11,13,16,21H,6-9,12,14H2,(H,24,27)/t20-/m1/s1. The number of carbonyl (C=O) groups is 2. The number of nitrogens with zero attached hydrogens (tertiary/aromatic N) is 3. The number of aromatic nitrogens is 2. The highest BCUT2D eigenvalue weighted by Gasteiger charge is 2.55. The third-order valence-corrected chi connectivity index (χ3v) is 5.50. The molecule has 140 valence electrons. The van der Waals surface area contributed by atoms with Crippen LogP contribution >= 0.6 is 0 Å². The van der Waals surface area contributed by atoms with E-state index in [4.69, 9.17) is 0 Å². The summed E-state index contributed by atoms with van der Waals surface area (Å²) in [6.07, 6.45) is 6.94. The summed E-state index contributed by atoms with van der Waals surface area (Å²) in [7, 11) is 0. The Hall–Kier alpha value is -2.80. The van der Waals surface area contributed by atoms with Gasteiger partial charge in [0.1, 0.15) is 5.54 Å². The number of hydrogen-bond acceptors (Lipinski definition) is 5. The average Bonchev–Trinajstić information content (AvgIpc) is 2.95. The van der Waals surface area contributed by atoms with Crippen LogP contribution in [-0.4, -0.2) is 45.4 Å². The molecule has 3 amide bonds. The van der Waals surface area contributed by atoms with E-state index in [1.165, 1.54) is 4.90 Å². The van der Waals surface area contributed by atoms with E-state index in [1.807, 2.05) is 30.3 Å². The molecule has 7 nitrogen and oxygen atoms in total. The first-order chi connectivity index (χ1) is 13.2. The van der Waals surface area contributed by atoms with Crippen molar-refractivity contribution in [3.63, 3.8) is 0 Å². The van der Waals surface area contributed by atoms with Gasteiger partial charge in [-0.15, -0.1) is 0 Å². The number of hydrogen-bond donors (Lipinski definition) is 2. The first kappa shape index (κ1) is 17.6. The monoisotopic (exact) mass is 365 g/mol. The van der Waals surface area contributed by atoms with Crippen LogP contribution in [-0.2, 0) is 17.8 Å². The van der Waals surface area contributed by atoms with Crippen LogP contribution < -0.4 is 10.6 Å². The number of amides is 3. The van der Waals surface area contributed by atoms with Gasteiger partial charge in [-0.25, -0.2) is 4.79 Å². The molecule has 27 heavy (non-hydrogen) atoms. The van der Waals surface area contributed by atoms with E-state index in [-0.39, 0.29) is 24.4 Å². The van der Waals surface area contributed by atoms with Crippen molar-refractivity contribution in [3.8, 4) is 0 Å². The summed E-state index contributed by atoms with van der Waals surface area (Å²) in [4.78, 5) is 35.8. The second kappa shape index (κ2) is 7.44. The minimum atomic E-state index is -0.900. The largest absolute Gasteiger partial charge is 0.325 e. The van der Waals surface area contributed by atoms with Gasteiger partial charge in [-0.05, 0) is 37.4 Å². The lowest BCUT2D eigenvalue weighted by atomic mass is 9.74. The highest BCUT2D eigenvalue weighted by molar-refractivity contribution is 6.07. The quantitative estimate of drug-likeness (QED) is 0.785. The first-order valence-corrected chi connectivity index (χ1v) is 9.33. The molecular formula is C20H23N5O2. The molecule has 0 bridgehead atoms. The van der Waals surface area contributed by atoms with Crippen LogP contribution in [0.4, 0.5) is 4.79 Å². The summed E-state index contributed by atoms with van der Waals surface area (Å²) >= 11 is 0. The van der Waals surface area contributed by atoms with Crippen LogP contribution in [0.2, 0.25) is 0 Å². The fourth-order valence-corrected chi connectivity index (χ4v) is 4.14. The molecule has 2 aliphatic heterocycles. The lowest BCUT2D eigenvalue weighted by molar-refractivity contribution is -0.134. The first-order valence-electron chi connectivity index (χ1n) is 9.33. The molecule has 7 heteroatoms. The highest BCUT2D eigenvalue weighted by atomic mass is 16.2. The zero-order valence-electron chi connectivity index (χ0n) is 15.1. The SMILES string of the molecule is O=C1N[C@](Cc2ccccc2)(C2CCNCC2)C(=O)N1Cc1cnccn1. The molecule has 0 saturated carbocycles. The molecule has 2 fully saturated rings. The van der Waals surface area contributed by atoms with E-state index >= 15 is 0 Å².